The Morgan fingerprint density at radius 1 is 1.11 bits per heavy atom. The summed E-state index contributed by atoms with van der Waals surface area (Å²) in [5.74, 6) is 0.0210. The van der Waals surface area contributed by atoms with E-state index in [4.69, 9.17) is 0 Å². The number of nitrogens with one attached hydrogen (secondary N) is 2. The lowest BCUT2D eigenvalue weighted by Gasteiger charge is -2.32. The van der Waals surface area contributed by atoms with E-state index in [9.17, 15) is 13.2 Å². The Labute approximate surface area is 167 Å². The third kappa shape index (κ3) is 4.71. The number of fused-ring (bicyclic) bond motifs is 1. The lowest BCUT2D eigenvalue weighted by Crippen LogP contribution is -3.16. The number of rotatable bonds is 6. The van der Waals surface area contributed by atoms with Crippen LogP contribution < -0.4 is 10.2 Å². The monoisotopic (exact) mass is 404 g/mol. The molecule has 0 aromatic heterocycles. The van der Waals surface area contributed by atoms with E-state index >= 15 is 0 Å². The van der Waals surface area contributed by atoms with Crippen LogP contribution in [0, 0.1) is 0 Å². The largest absolute Gasteiger partial charge is 0.346 e. The average Bonchev–Trinajstić information content (AvgIpc) is 2.67. The van der Waals surface area contributed by atoms with Crippen LogP contribution in [0.1, 0.15) is 27.2 Å². The molecule has 0 spiro atoms. The maximum atomic E-state index is 13.0. The normalized spacial score (nSPS) is 17.0. The fraction of sp³-hybridized carbons (Fsp3) is 0.476. The zero-order chi connectivity index (χ0) is 20.4. The molecule has 0 atom stereocenters. The number of benzene rings is 2. The number of carbonyl (C=O) groups is 1. The van der Waals surface area contributed by atoms with Gasteiger partial charge < -0.3 is 10.2 Å². The van der Waals surface area contributed by atoms with E-state index in [2.05, 4.69) is 5.32 Å². The first kappa shape index (κ1) is 20.8. The van der Waals surface area contributed by atoms with Crippen molar-refractivity contribution in [3.63, 3.8) is 0 Å². The van der Waals surface area contributed by atoms with Gasteiger partial charge in [0, 0.05) is 5.54 Å². The average molecular weight is 405 g/mol. The summed E-state index contributed by atoms with van der Waals surface area (Å²) in [6, 6.07) is 13.0. The zero-order valence-corrected chi connectivity index (χ0v) is 17.7. The number of sulfonamides is 1. The highest BCUT2D eigenvalue weighted by atomic mass is 32.2. The van der Waals surface area contributed by atoms with Crippen LogP contribution in [0.5, 0.6) is 0 Å². The van der Waals surface area contributed by atoms with E-state index in [-0.39, 0.29) is 11.4 Å². The number of quaternary nitrogens is 1. The number of hydrogen-bond donors (Lipinski definition) is 2. The molecule has 7 heteroatoms. The molecule has 0 unspecified atom stereocenters. The molecule has 2 aromatic rings. The quantitative estimate of drug-likeness (QED) is 0.756. The van der Waals surface area contributed by atoms with Gasteiger partial charge in [0.25, 0.3) is 5.91 Å². The van der Waals surface area contributed by atoms with Gasteiger partial charge in [-0.05, 0) is 43.2 Å². The maximum Gasteiger partial charge on any atom is 0.275 e. The Hall–Kier alpha value is -1.96. The molecular formula is C21H30N3O3S+. The zero-order valence-electron chi connectivity index (χ0n) is 16.9. The molecule has 1 saturated heterocycles. The van der Waals surface area contributed by atoms with Gasteiger partial charge in [0.2, 0.25) is 10.0 Å². The van der Waals surface area contributed by atoms with Gasteiger partial charge in [-0.15, -0.1) is 0 Å². The second-order valence-corrected chi connectivity index (χ2v) is 10.1. The molecule has 152 valence electrons. The second kappa shape index (κ2) is 8.19. The minimum atomic E-state index is -3.52. The van der Waals surface area contributed by atoms with E-state index in [1.807, 2.05) is 51.1 Å². The van der Waals surface area contributed by atoms with Crippen LogP contribution in [0.4, 0.5) is 0 Å². The second-order valence-electron chi connectivity index (χ2n) is 8.13. The molecule has 28 heavy (non-hydrogen) atoms. The smallest absolute Gasteiger partial charge is 0.275 e. The summed E-state index contributed by atoms with van der Waals surface area (Å²) < 4.78 is 27.6. The van der Waals surface area contributed by atoms with Crippen LogP contribution in [0.25, 0.3) is 10.8 Å². The number of amides is 1. The van der Waals surface area contributed by atoms with Crippen molar-refractivity contribution in [3.8, 4) is 0 Å². The van der Waals surface area contributed by atoms with Crippen LogP contribution in [0.3, 0.4) is 0 Å². The van der Waals surface area contributed by atoms with Crippen molar-refractivity contribution in [2.75, 3.05) is 32.7 Å². The third-order valence-corrected chi connectivity index (χ3v) is 7.46. The summed E-state index contributed by atoms with van der Waals surface area (Å²) in [6.45, 7) is 8.56. The summed E-state index contributed by atoms with van der Waals surface area (Å²) >= 11 is 0. The Kier molecular flexibility index (Phi) is 6.07. The van der Waals surface area contributed by atoms with Crippen molar-refractivity contribution in [2.24, 2.45) is 0 Å². The molecule has 1 aliphatic rings. The van der Waals surface area contributed by atoms with Crippen LogP contribution in [0.15, 0.2) is 47.4 Å². The Morgan fingerprint density at radius 3 is 2.39 bits per heavy atom. The topological polar surface area (TPSA) is 70.9 Å². The SMILES string of the molecule is CCC(C)(C)NC(=O)C[NH+]1CCN(S(=O)(=O)c2ccc3ccccc3c2)CC1. The molecule has 0 aliphatic carbocycles. The molecule has 3 rings (SSSR count). The highest BCUT2D eigenvalue weighted by Crippen LogP contribution is 2.21. The first-order chi connectivity index (χ1) is 13.2. The summed E-state index contributed by atoms with van der Waals surface area (Å²) in [7, 11) is -3.52. The van der Waals surface area contributed by atoms with Crippen LogP contribution in [0.2, 0.25) is 0 Å². The van der Waals surface area contributed by atoms with Gasteiger partial charge in [-0.25, -0.2) is 8.42 Å². The van der Waals surface area contributed by atoms with Crippen molar-refractivity contribution in [1.82, 2.24) is 9.62 Å². The molecule has 6 nitrogen and oxygen atoms in total. The summed E-state index contributed by atoms with van der Waals surface area (Å²) in [6.07, 6.45) is 0.867. The molecule has 0 bridgehead atoms. The van der Waals surface area contributed by atoms with Gasteiger partial charge in [-0.3, -0.25) is 4.79 Å². The minimum Gasteiger partial charge on any atom is -0.346 e. The number of nitrogens with zero attached hydrogens (tertiary/aromatic N) is 1. The maximum absolute atomic E-state index is 13.0. The fourth-order valence-corrected chi connectivity index (χ4v) is 4.91. The van der Waals surface area contributed by atoms with Crippen LogP contribution >= 0.6 is 0 Å². The Morgan fingerprint density at radius 2 is 1.75 bits per heavy atom. The van der Waals surface area contributed by atoms with E-state index in [1.165, 1.54) is 4.31 Å². The van der Waals surface area contributed by atoms with Crippen molar-refractivity contribution < 1.29 is 18.1 Å². The standard InChI is InChI=1S/C21H29N3O3S/c1-4-21(2,3)22-20(25)16-23-11-13-24(14-12-23)28(26,27)19-10-9-17-7-5-6-8-18(17)15-19/h5-10,15H,4,11-14,16H2,1-3H3,(H,22,25)/p+1. The van der Waals surface area contributed by atoms with E-state index in [0.29, 0.717) is 37.6 Å². The molecule has 0 radical (unpaired) electrons. The molecule has 2 N–H and O–H groups in total. The summed E-state index contributed by atoms with van der Waals surface area (Å²) in [5.41, 5.74) is -0.211. The minimum absolute atomic E-state index is 0.0210. The van der Waals surface area contributed by atoms with Gasteiger partial charge in [0.05, 0.1) is 31.1 Å². The molecule has 1 heterocycles. The summed E-state index contributed by atoms with van der Waals surface area (Å²) in [5, 5.41) is 4.99. The number of carbonyl (C=O) groups excluding carboxylic acids is 1. The molecule has 2 aromatic carbocycles. The molecule has 1 aliphatic heterocycles. The van der Waals surface area contributed by atoms with Gasteiger partial charge in [-0.1, -0.05) is 37.3 Å². The van der Waals surface area contributed by atoms with E-state index in [0.717, 1.165) is 22.1 Å². The van der Waals surface area contributed by atoms with Gasteiger partial charge in [0.15, 0.2) is 6.54 Å². The lowest BCUT2D eigenvalue weighted by atomic mass is 10.0. The first-order valence-corrected chi connectivity index (χ1v) is 11.3. The fourth-order valence-electron chi connectivity index (χ4n) is 3.43. The third-order valence-electron chi connectivity index (χ3n) is 5.56. The predicted octanol–water partition coefficient (Wildman–Crippen LogP) is 1.03. The van der Waals surface area contributed by atoms with Crippen LogP contribution in [-0.4, -0.2) is 56.9 Å². The van der Waals surface area contributed by atoms with Crippen molar-refractivity contribution in [1.29, 1.82) is 0 Å². The summed E-state index contributed by atoms with van der Waals surface area (Å²) in [4.78, 5) is 13.7. The van der Waals surface area contributed by atoms with Crippen molar-refractivity contribution in [2.45, 2.75) is 37.6 Å². The molecule has 1 amide bonds. The van der Waals surface area contributed by atoms with Crippen LogP contribution in [-0.2, 0) is 14.8 Å². The Bertz CT molecular complexity index is 948. The van der Waals surface area contributed by atoms with Gasteiger partial charge in [-0.2, -0.15) is 4.31 Å². The molecule has 1 fully saturated rings. The highest BCUT2D eigenvalue weighted by molar-refractivity contribution is 7.89. The predicted molar refractivity (Wildman–Crippen MR) is 111 cm³/mol. The van der Waals surface area contributed by atoms with Crippen molar-refractivity contribution in [3.05, 3.63) is 42.5 Å². The number of hydrogen-bond acceptors (Lipinski definition) is 3. The van der Waals surface area contributed by atoms with Gasteiger partial charge in [0.1, 0.15) is 0 Å². The van der Waals surface area contributed by atoms with Crippen molar-refractivity contribution >= 4 is 26.7 Å². The lowest BCUT2D eigenvalue weighted by molar-refractivity contribution is -0.895. The van der Waals surface area contributed by atoms with E-state index in [1.54, 1.807) is 12.1 Å². The van der Waals surface area contributed by atoms with Gasteiger partial charge >= 0.3 is 0 Å². The highest BCUT2D eigenvalue weighted by Gasteiger charge is 2.31. The number of piperazine rings is 1. The first-order valence-electron chi connectivity index (χ1n) is 9.85. The Balaban J connectivity index is 1.62. The molecule has 0 saturated carbocycles. The van der Waals surface area contributed by atoms with E-state index < -0.39 is 10.0 Å². The molecular weight excluding hydrogens is 374 g/mol.